The van der Waals surface area contributed by atoms with Gasteiger partial charge in [-0.1, -0.05) is 50.8 Å². The lowest BCUT2D eigenvalue weighted by Crippen LogP contribution is -2.29. The van der Waals surface area contributed by atoms with Gasteiger partial charge in [0.25, 0.3) is 0 Å². The first-order valence-electron chi connectivity index (χ1n) is 10.4. The molecule has 0 fully saturated rings. The maximum Gasteiger partial charge on any atom is 0.347 e. The Kier molecular flexibility index (Phi) is 9.30. The third-order valence-electron chi connectivity index (χ3n) is 4.91. The van der Waals surface area contributed by atoms with Gasteiger partial charge in [0.1, 0.15) is 5.75 Å². The van der Waals surface area contributed by atoms with Crippen LogP contribution in [0.15, 0.2) is 30.3 Å². The first-order chi connectivity index (χ1) is 12.7. The van der Waals surface area contributed by atoms with Crippen molar-refractivity contribution in [2.75, 3.05) is 6.61 Å². The van der Waals surface area contributed by atoms with Gasteiger partial charge < -0.3 is 9.47 Å². The zero-order valence-corrected chi connectivity index (χ0v) is 16.5. The molecular weight excluding hydrogens is 324 g/mol. The van der Waals surface area contributed by atoms with Gasteiger partial charge in [-0.3, -0.25) is 0 Å². The Hall–Kier alpha value is -1.77. The molecule has 0 N–H and O–H groups in total. The highest BCUT2D eigenvalue weighted by Gasteiger charge is 2.21. The van der Waals surface area contributed by atoms with Crippen LogP contribution in [0.25, 0.3) is 5.57 Å². The van der Waals surface area contributed by atoms with E-state index in [4.69, 9.17) is 9.47 Å². The lowest BCUT2D eigenvalue weighted by molar-refractivity contribution is -0.151. The summed E-state index contributed by atoms with van der Waals surface area (Å²) in [5, 5.41) is 0. The highest BCUT2D eigenvalue weighted by atomic mass is 16.6. The normalized spacial score (nSPS) is 16.2. The van der Waals surface area contributed by atoms with E-state index >= 15 is 0 Å². The SMILES string of the molecule is CCCCCC(Oc1ccc(C2=CCCCCCC2)cc1)C(=O)OCC. The first kappa shape index (κ1) is 20.5. The lowest BCUT2D eigenvalue weighted by atomic mass is 9.95. The fraction of sp³-hybridized carbons (Fsp3) is 0.609. The van der Waals surface area contributed by atoms with Crippen LogP contribution >= 0.6 is 0 Å². The number of hydrogen-bond acceptors (Lipinski definition) is 3. The summed E-state index contributed by atoms with van der Waals surface area (Å²) in [6, 6.07) is 8.22. The van der Waals surface area contributed by atoms with Crippen LogP contribution in [-0.2, 0) is 9.53 Å². The van der Waals surface area contributed by atoms with Gasteiger partial charge in [-0.05, 0) is 68.7 Å². The Morgan fingerprint density at radius 2 is 1.81 bits per heavy atom. The van der Waals surface area contributed by atoms with Gasteiger partial charge >= 0.3 is 5.97 Å². The Morgan fingerprint density at radius 1 is 1.04 bits per heavy atom. The summed E-state index contributed by atoms with van der Waals surface area (Å²) in [6.07, 6.45) is 13.4. The third-order valence-corrected chi connectivity index (χ3v) is 4.91. The molecule has 0 spiro atoms. The topological polar surface area (TPSA) is 35.5 Å². The molecule has 0 aromatic heterocycles. The third kappa shape index (κ3) is 6.86. The number of hydrogen-bond donors (Lipinski definition) is 0. The van der Waals surface area contributed by atoms with Gasteiger partial charge in [0, 0.05) is 0 Å². The van der Waals surface area contributed by atoms with Crippen LogP contribution in [0.4, 0.5) is 0 Å². The van der Waals surface area contributed by atoms with Gasteiger partial charge in [-0.25, -0.2) is 4.79 Å². The Morgan fingerprint density at radius 3 is 2.54 bits per heavy atom. The number of rotatable bonds is 9. The van der Waals surface area contributed by atoms with E-state index in [0.717, 1.165) is 31.4 Å². The van der Waals surface area contributed by atoms with E-state index in [1.165, 1.54) is 43.2 Å². The number of carbonyl (C=O) groups excluding carboxylic acids is 1. The molecule has 0 saturated carbocycles. The van der Waals surface area contributed by atoms with Crippen molar-refractivity contribution in [1.29, 1.82) is 0 Å². The molecule has 1 aliphatic carbocycles. The molecule has 2 rings (SSSR count). The van der Waals surface area contributed by atoms with Gasteiger partial charge in [0.15, 0.2) is 6.10 Å². The van der Waals surface area contributed by atoms with Crippen LogP contribution in [0.3, 0.4) is 0 Å². The number of carbonyl (C=O) groups is 1. The van der Waals surface area contributed by atoms with Gasteiger partial charge in [-0.2, -0.15) is 0 Å². The smallest absolute Gasteiger partial charge is 0.347 e. The van der Waals surface area contributed by atoms with Crippen molar-refractivity contribution in [1.82, 2.24) is 0 Å². The van der Waals surface area contributed by atoms with Crippen molar-refractivity contribution in [3.63, 3.8) is 0 Å². The van der Waals surface area contributed by atoms with Gasteiger partial charge in [-0.15, -0.1) is 0 Å². The molecule has 0 amide bonds. The van der Waals surface area contributed by atoms with E-state index in [2.05, 4.69) is 25.1 Å². The number of ether oxygens (including phenoxy) is 2. The number of benzene rings is 1. The summed E-state index contributed by atoms with van der Waals surface area (Å²) in [6.45, 7) is 4.38. The second-order valence-electron chi connectivity index (χ2n) is 7.06. The minimum Gasteiger partial charge on any atom is -0.479 e. The van der Waals surface area contributed by atoms with E-state index in [1.807, 2.05) is 19.1 Å². The summed E-state index contributed by atoms with van der Waals surface area (Å²) in [7, 11) is 0. The second-order valence-corrected chi connectivity index (χ2v) is 7.06. The molecule has 0 bridgehead atoms. The molecule has 1 atom stereocenters. The van der Waals surface area contributed by atoms with Crippen LogP contribution in [-0.4, -0.2) is 18.7 Å². The summed E-state index contributed by atoms with van der Waals surface area (Å²) in [4.78, 5) is 12.2. The van der Waals surface area contributed by atoms with Gasteiger partial charge in [0.05, 0.1) is 6.61 Å². The molecule has 0 heterocycles. The van der Waals surface area contributed by atoms with E-state index < -0.39 is 6.10 Å². The van der Waals surface area contributed by atoms with Crippen molar-refractivity contribution in [3.8, 4) is 5.75 Å². The minimum absolute atomic E-state index is 0.254. The zero-order chi connectivity index (χ0) is 18.6. The molecule has 144 valence electrons. The highest BCUT2D eigenvalue weighted by Crippen LogP contribution is 2.27. The molecule has 0 saturated heterocycles. The van der Waals surface area contributed by atoms with Crippen LogP contribution in [0, 0.1) is 0 Å². The van der Waals surface area contributed by atoms with E-state index in [0.29, 0.717) is 13.0 Å². The maximum absolute atomic E-state index is 12.2. The van der Waals surface area contributed by atoms with Crippen molar-refractivity contribution in [2.45, 2.75) is 84.2 Å². The molecule has 0 aliphatic heterocycles. The monoisotopic (exact) mass is 358 g/mol. The van der Waals surface area contributed by atoms with Crippen molar-refractivity contribution in [2.24, 2.45) is 0 Å². The number of allylic oxidation sites excluding steroid dienone is 2. The highest BCUT2D eigenvalue weighted by molar-refractivity contribution is 5.75. The van der Waals surface area contributed by atoms with Crippen LogP contribution < -0.4 is 4.74 Å². The molecule has 3 nitrogen and oxygen atoms in total. The van der Waals surface area contributed by atoms with Crippen molar-refractivity contribution >= 4 is 11.5 Å². The summed E-state index contributed by atoms with van der Waals surface area (Å²) >= 11 is 0. The molecule has 26 heavy (non-hydrogen) atoms. The Labute approximate surface area is 158 Å². The average Bonchev–Trinajstić information content (AvgIpc) is 2.62. The average molecular weight is 359 g/mol. The van der Waals surface area contributed by atoms with E-state index in [1.54, 1.807) is 0 Å². The first-order valence-corrected chi connectivity index (χ1v) is 10.4. The number of esters is 1. The largest absolute Gasteiger partial charge is 0.479 e. The number of unbranched alkanes of at least 4 members (excludes halogenated alkanes) is 2. The molecule has 1 unspecified atom stereocenters. The zero-order valence-electron chi connectivity index (χ0n) is 16.5. The predicted octanol–water partition coefficient (Wildman–Crippen LogP) is 6.32. The molecular formula is C23H34O3. The lowest BCUT2D eigenvalue weighted by Gasteiger charge is -2.18. The molecule has 0 radical (unpaired) electrons. The standard InChI is InChI=1S/C23H34O3/c1-3-5-9-14-22(23(24)25-4-2)26-21-17-15-20(16-18-21)19-12-10-7-6-8-11-13-19/h12,15-18,22H,3-11,13-14H2,1-2H3. The van der Waals surface area contributed by atoms with Gasteiger partial charge in [0.2, 0.25) is 0 Å². The van der Waals surface area contributed by atoms with Crippen LogP contribution in [0.2, 0.25) is 0 Å². The quantitative estimate of drug-likeness (QED) is 0.383. The van der Waals surface area contributed by atoms with Crippen molar-refractivity contribution in [3.05, 3.63) is 35.9 Å². The second kappa shape index (κ2) is 11.8. The molecule has 1 aromatic rings. The summed E-state index contributed by atoms with van der Waals surface area (Å²) in [5.74, 6) is 0.491. The summed E-state index contributed by atoms with van der Waals surface area (Å²) < 4.78 is 11.1. The van der Waals surface area contributed by atoms with Crippen LogP contribution in [0.1, 0.15) is 83.6 Å². The molecule has 1 aliphatic rings. The fourth-order valence-corrected chi connectivity index (χ4v) is 3.41. The minimum atomic E-state index is -0.507. The summed E-state index contributed by atoms with van der Waals surface area (Å²) in [5.41, 5.74) is 2.72. The molecule has 3 heteroatoms. The Balaban J connectivity index is 2.00. The Bertz CT molecular complexity index is 559. The fourth-order valence-electron chi connectivity index (χ4n) is 3.41. The molecule has 1 aromatic carbocycles. The maximum atomic E-state index is 12.2. The predicted molar refractivity (Wildman–Crippen MR) is 107 cm³/mol. The van der Waals surface area contributed by atoms with Crippen LogP contribution in [0.5, 0.6) is 5.75 Å². The van der Waals surface area contributed by atoms with Crippen molar-refractivity contribution < 1.29 is 14.3 Å². The van der Waals surface area contributed by atoms with E-state index in [-0.39, 0.29) is 5.97 Å². The van der Waals surface area contributed by atoms with E-state index in [9.17, 15) is 4.79 Å².